The van der Waals surface area contributed by atoms with E-state index in [0.717, 1.165) is 31.2 Å². The number of carbonyl (C=O) groups is 2. The van der Waals surface area contributed by atoms with E-state index >= 15 is 0 Å². The van der Waals surface area contributed by atoms with Gasteiger partial charge < -0.3 is 15.0 Å². The van der Waals surface area contributed by atoms with Gasteiger partial charge in [0.05, 0.1) is 11.9 Å². The van der Waals surface area contributed by atoms with Gasteiger partial charge in [0.2, 0.25) is 10.0 Å². The summed E-state index contributed by atoms with van der Waals surface area (Å²) >= 11 is 0. The number of aryl methyl sites for hydroxylation is 1. The van der Waals surface area contributed by atoms with Gasteiger partial charge >= 0.3 is 6.09 Å². The molecule has 4 rings (SSSR count). The average Bonchev–Trinajstić information content (AvgIpc) is 2.95. The normalized spacial score (nSPS) is 21.6. The van der Waals surface area contributed by atoms with E-state index in [1.54, 1.807) is 28.3 Å². The van der Waals surface area contributed by atoms with Crippen LogP contribution < -0.4 is 5.32 Å². The molecular formula is C31H43N3O5S. The first-order valence-electron chi connectivity index (χ1n) is 14.6. The van der Waals surface area contributed by atoms with E-state index in [0.29, 0.717) is 57.5 Å². The Morgan fingerprint density at radius 2 is 1.62 bits per heavy atom. The minimum absolute atomic E-state index is 0.00169. The molecule has 0 aliphatic carbocycles. The first kappa shape index (κ1) is 30.1. The lowest BCUT2D eigenvalue weighted by atomic mass is 10.0. The number of rotatable bonds is 10. The predicted octanol–water partition coefficient (Wildman–Crippen LogP) is 5.13. The van der Waals surface area contributed by atoms with Crippen molar-refractivity contribution in [3.8, 4) is 0 Å². The van der Waals surface area contributed by atoms with Crippen molar-refractivity contribution < 1.29 is 22.7 Å². The first-order valence-corrected chi connectivity index (χ1v) is 16.1. The van der Waals surface area contributed by atoms with E-state index < -0.39 is 10.0 Å². The van der Waals surface area contributed by atoms with Gasteiger partial charge in [-0.25, -0.2) is 13.2 Å². The maximum absolute atomic E-state index is 13.5. The van der Waals surface area contributed by atoms with Crippen LogP contribution in [0.2, 0.25) is 0 Å². The Morgan fingerprint density at radius 1 is 0.925 bits per heavy atom. The number of sulfonamides is 1. The van der Waals surface area contributed by atoms with E-state index in [9.17, 15) is 18.0 Å². The number of nitrogens with one attached hydrogen (secondary N) is 1. The molecule has 2 unspecified atom stereocenters. The molecule has 40 heavy (non-hydrogen) atoms. The first-order chi connectivity index (χ1) is 19.3. The van der Waals surface area contributed by atoms with Gasteiger partial charge in [-0.2, -0.15) is 4.31 Å². The smallest absolute Gasteiger partial charge is 0.409 e. The van der Waals surface area contributed by atoms with Gasteiger partial charge in [-0.1, -0.05) is 48.9 Å². The highest BCUT2D eigenvalue weighted by molar-refractivity contribution is 7.89. The number of ether oxygens (including phenoxy) is 1. The van der Waals surface area contributed by atoms with E-state index in [1.165, 1.54) is 5.56 Å². The van der Waals surface area contributed by atoms with Gasteiger partial charge in [-0.05, 0) is 82.1 Å². The molecule has 2 aliphatic heterocycles. The molecule has 2 aromatic carbocycles. The van der Waals surface area contributed by atoms with E-state index in [1.807, 2.05) is 37.3 Å². The summed E-state index contributed by atoms with van der Waals surface area (Å²) in [4.78, 5) is 26.4. The van der Waals surface area contributed by atoms with E-state index in [2.05, 4.69) is 17.4 Å². The quantitative estimate of drug-likeness (QED) is 0.400. The van der Waals surface area contributed by atoms with Crippen LogP contribution in [-0.2, 0) is 27.7 Å². The molecule has 0 radical (unpaired) electrons. The summed E-state index contributed by atoms with van der Waals surface area (Å²) < 4.78 is 33.8. The molecule has 8 nitrogen and oxygen atoms in total. The van der Waals surface area contributed by atoms with Gasteiger partial charge in [0.25, 0.3) is 5.91 Å². The number of amides is 2. The van der Waals surface area contributed by atoms with Crippen molar-refractivity contribution in [1.29, 1.82) is 0 Å². The molecule has 2 atom stereocenters. The lowest BCUT2D eigenvalue weighted by molar-refractivity contribution is 0.0860. The molecule has 2 fully saturated rings. The number of hydrogen-bond acceptors (Lipinski definition) is 5. The lowest BCUT2D eigenvalue weighted by Gasteiger charge is -2.37. The molecule has 2 saturated heterocycles. The Morgan fingerprint density at radius 3 is 2.30 bits per heavy atom. The van der Waals surface area contributed by atoms with Crippen molar-refractivity contribution in [1.82, 2.24) is 14.5 Å². The number of carbonyl (C=O) groups excluding carboxylic acids is 2. The molecular weight excluding hydrogens is 526 g/mol. The SMILES string of the molecule is CCOC(=O)N1CCC(NC(=O)c2ccc(CN3C(C)CCC(CCCCc4ccccc4)S3(=O)=O)cc2)CC1. The number of unbranched alkanes of at least 4 members (excludes halogenated alkanes) is 1. The zero-order chi connectivity index (χ0) is 28.5. The second kappa shape index (κ2) is 14.1. The van der Waals surface area contributed by atoms with Crippen molar-refractivity contribution in [2.75, 3.05) is 19.7 Å². The van der Waals surface area contributed by atoms with Crippen LogP contribution in [0.15, 0.2) is 54.6 Å². The summed E-state index contributed by atoms with van der Waals surface area (Å²) in [6.07, 6.45) is 6.17. The van der Waals surface area contributed by atoms with Crippen LogP contribution >= 0.6 is 0 Å². The molecule has 2 aromatic rings. The molecule has 2 heterocycles. The molecule has 0 saturated carbocycles. The summed E-state index contributed by atoms with van der Waals surface area (Å²) in [6, 6.07) is 17.5. The van der Waals surface area contributed by atoms with Gasteiger partial charge in [0.1, 0.15) is 0 Å². The summed E-state index contributed by atoms with van der Waals surface area (Å²) in [5.41, 5.74) is 2.71. The Labute approximate surface area is 239 Å². The van der Waals surface area contributed by atoms with Crippen molar-refractivity contribution in [3.63, 3.8) is 0 Å². The highest BCUT2D eigenvalue weighted by Crippen LogP contribution is 2.31. The minimum Gasteiger partial charge on any atom is -0.450 e. The van der Waals surface area contributed by atoms with Crippen LogP contribution in [0.25, 0.3) is 0 Å². The van der Waals surface area contributed by atoms with Gasteiger partial charge in [-0.3, -0.25) is 4.79 Å². The number of nitrogens with zero attached hydrogens (tertiary/aromatic N) is 2. The minimum atomic E-state index is -3.40. The van der Waals surface area contributed by atoms with Crippen LogP contribution in [0.5, 0.6) is 0 Å². The summed E-state index contributed by atoms with van der Waals surface area (Å²) in [5, 5.41) is 2.73. The third kappa shape index (κ3) is 7.85. The fourth-order valence-corrected chi connectivity index (χ4v) is 7.90. The van der Waals surface area contributed by atoms with Crippen molar-refractivity contribution >= 4 is 22.0 Å². The second-order valence-electron chi connectivity index (χ2n) is 11.0. The number of likely N-dealkylation sites (tertiary alicyclic amines) is 1. The molecule has 2 amide bonds. The highest BCUT2D eigenvalue weighted by atomic mass is 32.2. The molecule has 0 spiro atoms. The third-order valence-electron chi connectivity index (χ3n) is 8.14. The van der Waals surface area contributed by atoms with Crippen LogP contribution in [0.3, 0.4) is 0 Å². The van der Waals surface area contributed by atoms with Crippen LogP contribution in [0.4, 0.5) is 4.79 Å². The van der Waals surface area contributed by atoms with Crippen LogP contribution in [0.1, 0.15) is 80.3 Å². The van der Waals surface area contributed by atoms with Crippen LogP contribution in [0, 0.1) is 0 Å². The average molecular weight is 570 g/mol. The molecule has 218 valence electrons. The monoisotopic (exact) mass is 569 g/mol. The van der Waals surface area contributed by atoms with Gasteiger partial charge in [0, 0.05) is 37.3 Å². The summed E-state index contributed by atoms with van der Waals surface area (Å²) in [5.74, 6) is -0.157. The largest absolute Gasteiger partial charge is 0.450 e. The van der Waals surface area contributed by atoms with Crippen molar-refractivity contribution in [2.24, 2.45) is 0 Å². The fraction of sp³-hybridized carbons (Fsp3) is 0.548. The standard InChI is InChI=1S/C31H43N3O5S/c1-3-39-31(36)33-21-19-28(20-22-33)32-30(35)27-16-14-26(15-17-27)23-34-24(2)13-18-29(40(34,37)38)12-8-7-11-25-9-5-4-6-10-25/h4-6,9-10,14-17,24,28-29H,3,7-8,11-13,18-23H2,1-2H3,(H,32,35). The third-order valence-corrected chi connectivity index (χ3v) is 10.6. The van der Waals surface area contributed by atoms with Crippen molar-refractivity contribution in [2.45, 2.75) is 89.1 Å². The summed E-state index contributed by atoms with van der Waals surface area (Å²) in [6.45, 7) is 5.55. The topological polar surface area (TPSA) is 96.0 Å². The second-order valence-corrected chi connectivity index (χ2v) is 13.2. The maximum atomic E-state index is 13.5. The van der Waals surface area contributed by atoms with E-state index in [4.69, 9.17) is 4.74 Å². The summed E-state index contributed by atoms with van der Waals surface area (Å²) in [7, 11) is -3.40. The van der Waals surface area contributed by atoms with Crippen LogP contribution in [-0.4, -0.2) is 66.7 Å². The van der Waals surface area contributed by atoms with Gasteiger partial charge in [-0.15, -0.1) is 0 Å². The Hall–Kier alpha value is -2.91. The molecule has 2 aliphatic rings. The van der Waals surface area contributed by atoms with Crippen molar-refractivity contribution in [3.05, 3.63) is 71.3 Å². The number of benzene rings is 2. The van der Waals surface area contributed by atoms with E-state index in [-0.39, 0.29) is 29.3 Å². The molecule has 9 heteroatoms. The Balaban J connectivity index is 1.27. The molecule has 0 bridgehead atoms. The Kier molecular flexibility index (Phi) is 10.6. The highest BCUT2D eigenvalue weighted by Gasteiger charge is 2.39. The number of piperidine rings is 1. The predicted molar refractivity (Wildman–Crippen MR) is 156 cm³/mol. The molecule has 0 aromatic heterocycles. The lowest BCUT2D eigenvalue weighted by Crippen LogP contribution is -2.48. The maximum Gasteiger partial charge on any atom is 0.409 e. The molecule has 1 N–H and O–H groups in total. The zero-order valence-electron chi connectivity index (χ0n) is 23.8. The fourth-order valence-electron chi connectivity index (χ4n) is 5.68. The zero-order valence-corrected chi connectivity index (χ0v) is 24.6. The Bertz CT molecular complexity index is 1210. The van der Waals surface area contributed by atoms with Gasteiger partial charge in [0.15, 0.2) is 0 Å². The number of hydrogen-bond donors (Lipinski definition) is 1.